The van der Waals surface area contributed by atoms with Crippen LogP contribution >= 0.6 is 46.4 Å². The number of rotatable bonds is 6. The van der Waals surface area contributed by atoms with Gasteiger partial charge in [0.2, 0.25) is 0 Å². The lowest BCUT2D eigenvalue weighted by Crippen LogP contribution is -2.37. The number of para-hydroxylation sites is 1. The number of carbonyl (C=O) groups is 1. The summed E-state index contributed by atoms with van der Waals surface area (Å²) in [6.45, 7) is 3.28. The summed E-state index contributed by atoms with van der Waals surface area (Å²) in [6.07, 6.45) is 7.18. The number of nitrogens with zero attached hydrogens (tertiary/aromatic N) is 4. The first-order valence-corrected chi connectivity index (χ1v) is 11.9. The molecule has 0 fully saturated rings. The van der Waals surface area contributed by atoms with E-state index in [2.05, 4.69) is 4.98 Å². The number of fused-ring (bicyclic) bond motifs is 1. The molecule has 0 atom stereocenters. The maximum absolute atomic E-state index is 12.3. The van der Waals surface area contributed by atoms with E-state index < -0.39 is 0 Å². The number of aromatic nitrogens is 3. The highest BCUT2D eigenvalue weighted by molar-refractivity contribution is 6.40. The maximum atomic E-state index is 12.3. The van der Waals surface area contributed by atoms with Crippen LogP contribution in [0.1, 0.15) is 13.3 Å². The number of ether oxygens (including phenoxy) is 1. The van der Waals surface area contributed by atoms with E-state index in [0.29, 0.717) is 38.9 Å². The Morgan fingerprint density at radius 1 is 1.09 bits per heavy atom. The van der Waals surface area contributed by atoms with Crippen molar-refractivity contribution in [3.63, 3.8) is 0 Å². The number of carbonyl (C=O) groups excluding carboxylic acids is 1. The molecule has 2 N–H and O–H groups in total. The number of imidazole rings is 1. The van der Waals surface area contributed by atoms with E-state index >= 15 is 0 Å². The molecule has 0 aliphatic carbocycles. The van der Waals surface area contributed by atoms with Gasteiger partial charge in [-0.25, -0.2) is 9.78 Å². The molecule has 0 aliphatic heterocycles. The Bertz CT molecular complexity index is 1180. The standard InChI is InChI=1S/C15H16Cl3N3O2.C8H7ClN2/c1-2-4-20(15(22)21-5-3-19-10-21)6-7-23-14-12(17)8-11(16)9-13(14)18;9-7-5-11(10)8-4-2-1-3-6(7)8/h3,5,8-10H,2,4,6-7H2,1H3;1-5H,10H2. The molecule has 2 heterocycles. The zero-order chi connectivity index (χ0) is 24.7. The number of nitrogens with two attached hydrogens (primary N) is 1. The Morgan fingerprint density at radius 2 is 1.79 bits per heavy atom. The SMILES string of the molecule is CCCN(CCOc1c(Cl)cc(Cl)cc1Cl)C(=O)n1ccnc1.Nn1cc(Cl)c2ccccc21. The molecule has 7 nitrogen and oxygen atoms in total. The van der Waals surface area contributed by atoms with Crippen molar-refractivity contribution in [3.8, 4) is 5.75 Å². The number of halogens is 4. The largest absolute Gasteiger partial charge is 0.489 e. The molecule has 0 saturated heterocycles. The first kappa shape index (κ1) is 26.0. The lowest BCUT2D eigenvalue weighted by Gasteiger charge is -2.22. The summed E-state index contributed by atoms with van der Waals surface area (Å²) < 4.78 is 8.58. The molecule has 4 aromatic rings. The minimum atomic E-state index is -0.152. The average Bonchev–Trinajstić information content (AvgIpc) is 3.44. The molecule has 1 amide bonds. The summed E-state index contributed by atoms with van der Waals surface area (Å²) in [5, 5.41) is 2.81. The lowest BCUT2D eigenvalue weighted by molar-refractivity contribution is 0.184. The number of amides is 1. The van der Waals surface area contributed by atoms with Crippen molar-refractivity contribution in [2.45, 2.75) is 13.3 Å². The van der Waals surface area contributed by atoms with Gasteiger partial charge >= 0.3 is 6.03 Å². The topological polar surface area (TPSA) is 78.3 Å². The summed E-state index contributed by atoms with van der Waals surface area (Å²) >= 11 is 23.9. The van der Waals surface area contributed by atoms with Gasteiger partial charge in [-0.05, 0) is 24.6 Å². The summed E-state index contributed by atoms with van der Waals surface area (Å²) in [7, 11) is 0. The van der Waals surface area contributed by atoms with E-state index in [4.69, 9.17) is 57.0 Å². The van der Waals surface area contributed by atoms with Crippen molar-refractivity contribution in [1.82, 2.24) is 19.1 Å². The van der Waals surface area contributed by atoms with E-state index in [-0.39, 0.29) is 12.6 Å². The highest BCUT2D eigenvalue weighted by Gasteiger charge is 2.15. The monoisotopic (exact) mass is 541 g/mol. The third kappa shape index (κ3) is 6.51. The molecule has 0 unspecified atom stereocenters. The number of nitrogen functional groups attached to an aromatic ring is 1. The van der Waals surface area contributed by atoms with Gasteiger partial charge in [-0.3, -0.25) is 9.24 Å². The van der Waals surface area contributed by atoms with Gasteiger partial charge in [-0.2, -0.15) is 0 Å². The third-order valence-corrected chi connectivity index (χ3v) is 5.83. The second-order valence-electron chi connectivity index (χ2n) is 7.19. The van der Waals surface area contributed by atoms with Crippen LogP contribution < -0.4 is 10.6 Å². The Hall–Kier alpha value is -2.58. The van der Waals surface area contributed by atoms with Crippen LogP contribution in [-0.2, 0) is 0 Å². The van der Waals surface area contributed by atoms with Crippen LogP contribution in [0.25, 0.3) is 10.9 Å². The molecule has 0 bridgehead atoms. The first-order chi connectivity index (χ1) is 16.3. The van der Waals surface area contributed by atoms with Gasteiger partial charge in [-0.1, -0.05) is 71.5 Å². The van der Waals surface area contributed by atoms with E-state index in [9.17, 15) is 4.79 Å². The van der Waals surface area contributed by atoms with Gasteiger partial charge in [0.05, 0.1) is 27.1 Å². The van der Waals surface area contributed by atoms with Crippen LogP contribution in [0.5, 0.6) is 5.75 Å². The maximum Gasteiger partial charge on any atom is 0.329 e. The van der Waals surface area contributed by atoms with Crippen LogP contribution in [0.4, 0.5) is 4.79 Å². The molecule has 2 aromatic carbocycles. The molecule has 0 radical (unpaired) electrons. The van der Waals surface area contributed by atoms with Crippen LogP contribution in [0.2, 0.25) is 20.1 Å². The van der Waals surface area contributed by atoms with E-state index in [1.807, 2.05) is 31.2 Å². The molecule has 11 heteroatoms. The van der Waals surface area contributed by atoms with E-state index in [1.54, 1.807) is 35.6 Å². The van der Waals surface area contributed by atoms with Crippen LogP contribution in [0.3, 0.4) is 0 Å². The van der Waals surface area contributed by atoms with Crippen molar-refractivity contribution in [2.75, 3.05) is 25.5 Å². The number of hydrogen-bond donors (Lipinski definition) is 1. The quantitative estimate of drug-likeness (QED) is 0.278. The fraction of sp³-hybridized carbons (Fsp3) is 0.217. The Morgan fingerprint density at radius 3 is 2.41 bits per heavy atom. The van der Waals surface area contributed by atoms with Gasteiger partial charge in [0.1, 0.15) is 12.9 Å². The highest BCUT2D eigenvalue weighted by atomic mass is 35.5. The van der Waals surface area contributed by atoms with Gasteiger partial charge in [0.15, 0.2) is 5.75 Å². The highest BCUT2D eigenvalue weighted by Crippen LogP contribution is 2.35. The van der Waals surface area contributed by atoms with Crippen molar-refractivity contribution in [3.05, 3.63) is 81.4 Å². The van der Waals surface area contributed by atoms with Crippen LogP contribution in [0, 0.1) is 0 Å². The molecule has 0 aliphatic rings. The Balaban J connectivity index is 0.000000243. The normalized spacial score (nSPS) is 10.6. The fourth-order valence-corrected chi connectivity index (χ4v) is 4.39. The van der Waals surface area contributed by atoms with Gasteiger partial charge in [0.25, 0.3) is 0 Å². The minimum absolute atomic E-state index is 0.152. The molecule has 180 valence electrons. The van der Waals surface area contributed by atoms with Crippen molar-refractivity contribution in [2.24, 2.45) is 0 Å². The molecular weight excluding hydrogens is 520 g/mol. The predicted molar refractivity (Wildman–Crippen MR) is 139 cm³/mol. The van der Waals surface area contributed by atoms with Crippen molar-refractivity contribution in [1.29, 1.82) is 0 Å². The van der Waals surface area contributed by atoms with Crippen molar-refractivity contribution < 1.29 is 9.53 Å². The minimum Gasteiger partial charge on any atom is -0.489 e. The molecule has 0 spiro atoms. The van der Waals surface area contributed by atoms with Gasteiger partial charge in [-0.15, -0.1) is 0 Å². The molecule has 4 rings (SSSR count). The van der Waals surface area contributed by atoms with Crippen molar-refractivity contribution >= 4 is 63.3 Å². The molecule has 0 saturated carbocycles. The molecular formula is C23H23Cl4N5O2. The number of hydrogen-bond acceptors (Lipinski definition) is 4. The zero-order valence-electron chi connectivity index (χ0n) is 18.3. The predicted octanol–water partition coefficient (Wildman–Crippen LogP) is 6.61. The number of benzene rings is 2. The second kappa shape index (κ2) is 12.2. The fourth-order valence-electron chi connectivity index (χ4n) is 3.20. The van der Waals surface area contributed by atoms with Crippen LogP contribution in [-0.4, -0.2) is 44.9 Å². The smallest absolute Gasteiger partial charge is 0.329 e. The molecule has 34 heavy (non-hydrogen) atoms. The summed E-state index contributed by atoms with van der Waals surface area (Å²) in [5.74, 6) is 5.97. The van der Waals surface area contributed by atoms with E-state index in [1.165, 1.54) is 15.6 Å². The average molecular weight is 543 g/mol. The second-order valence-corrected chi connectivity index (χ2v) is 8.85. The van der Waals surface area contributed by atoms with Gasteiger partial charge < -0.3 is 15.5 Å². The third-order valence-electron chi connectivity index (χ3n) is 4.75. The summed E-state index contributed by atoms with van der Waals surface area (Å²) in [6, 6.07) is 10.7. The summed E-state index contributed by atoms with van der Waals surface area (Å²) in [5.41, 5.74) is 0.956. The summed E-state index contributed by atoms with van der Waals surface area (Å²) in [4.78, 5) is 17.9. The Labute approximate surface area is 217 Å². The van der Waals surface area contributed by atoms with E-state index in [0.717, 1.165) is 17.3 Å². The lowest BCUT2D eigenvalue weighted by atomic mass is 10.2. The molecule has 2 aromatic heterocycles. The first-order valence-electron chi connectivity index (χ1n) is 10.4. The van der Waals surface area contributed by atoms with Gasteiger partial charge in [0, 0.05) is 35.5 Å². The van der Waals surface area contributed by atoms with Crippen LogP contribution in [0.15, 0.2) is 61.3 Å². The Kier molecular flexibility index (Phi) is 9.36. The zero-order valence-corrected chi connectivity index (χ0v) is 21.3.